The first-order chi connectivity index (χ1) is 18.5. The molecule has 1 atom stereocenters. The highest BCUT2D eigenvalue weighted by molar-refractivity contribution is 6.27. The number of aromatic nitrogens is 2. The average Bonchev–Trinajstić information content (AvgIpc) is 3.42. The lowest BCUT2D eigenvalue weighted by atomic mass is 10.1. The Labute approximate surface area is 221 Å². The molecule has 0 saturated carbocycles. The standard InChI is InChI=1S/C21H23FN4O.2C2H2O4/c1-16(20-23-24-21(27-20)17-7-3-2-4-8-17)26-13-11-25(12-14-26)15-18-9-5-6-10-19(18)22;2*3-1(4)2(5)6/h2-10,16H,11-15H2,1H3;2*(H,3,4)(H,5,6). The van der Waals surface area contributed by atoms with Crippen LogP contribution in [0.2, 0.25) is 0 Å². The Balaban J connectivity index is 0.000000374. The molecule has 2 aromatic carbocycles. The first-order valence-corrected chi connectivity index (χ1v) is 11.5. The molecule has 4 rings (SSSR count). The van der Waals surface area contributed by atoms with E-state index in [9.17, 15) is 4.39 Å². The summed E-state index contributed by atoms with van der Waals surface area (Å²) in [6.07, 6.45) is 0. The highest BCUT2D eigenvalue weighted by Crippen LogP contribution is 2.25. The molecule has 0 amide bonds. The molecule has 1 saturated heterocycles. The highest BCUT2D eigenvalue weighted by atomic mass is 19.1. The number of aliphatic carboxylic acids is 4. The summed E-state index contributed by atoms with van der Waals surface area (Å²) in [7, 11) is 0. The van der Waals surface area contributed by atoms with Gasteiger partial charge in [-0.15, -0.1) is 10.2 Å². The maximum atomic E-state index is 13.8. The third kappa shape index (κ3) is 9.94. The van der Waals surface area contributed by atoms with Gasteiger partial charge in [0.25, 0.3) is 0 Å². The normalized spacial score (nSPS) is 14.1. The van der Waals surface area contributed by atoms with Crippen LogP contribution in [0.25, 0.3) is 11.5 Å². The Hall–Kier alpha value is -4.69. The van der Waals surface area contributed by atoms with E-state index in [-0.39, 0.29) is 11.9 Å². The molecule has 13 nitrogen and oxygen atoms in total. The lowest BCUT2D eigenvalue weighted by molar-refractivity contribution is -0.159. The predicted octanol–water partition coefficient (Wildman–Crippen LogP) is 2.07. The van der Waals surface area contributed by atoms with Crippen LogP contribution in [0.1, 0.15) is 24.4 Å². The maximum absolute atomic E-state index is 13.8. The van der Waals surface area contributed by atoms with E-state index < -0.39 is 23.9 Å². The van der Waals surface area contributed by atoms with Gasteiger partial charge in [0.1, 0.15) is 5.82 Å². The number of piperazine rings is 1. The number of hydrogen-bond donors (Lipinski definition) is 4. The van der Waals surface area contributed by atoms with Crippen molar-refractivity contribution in [3.8, 4) is 11.5 Å². The van der Waals surface area contributed by atoms with Crippen molar-refractivity contribution in [3.05, 3.63) is 71.9 Å². The molecule has 3 aromatic rings. The minimum Gasteiger partial charge on any atom is -0.473 e. The summed E-state index contributed by atoms with van der Waals surface area (Å²) in [6.45, 7) is 6.29. The Morgan fingerprint density at radius 2 is 1.33 bits per heavy atom. The summed E-state index contributed by atoms with van der Waals surface area (Å²) in [5.74, 6) is -6.24. The molecule has 0 radical (unpaired) electrons. The number of carboxylic acid groups (broad SMARTS) is 4. The molecule has 2 heterocycles. The quantitative estimate of drug-likeness (QED) is 0.340. The zero-order chi connectivity index (χ0) is 28.9. The third-order valence-electron chi connectivity index (χ3n) is 5.49. The van der Waals surface area contributed by atoms with E-state index in [0.29, 0.717) is 18.3 Å². The minimum atomic E-state index is -1.82. The summed E-state index contributed by atoms with van der Waals surface area (Å²) in [4.78, 5) is 41.0. The Kier molecular flexibility index (Phi) is 11.7. The molecule has 0 spiro atoms. The van der Waals surface area contributed by atoms with Gasteiger partial charge in [0, 0.05) is 43.9 Å². The number of carbonyl (C=O) groups is 4. The first kappa shape index (κ1) is 30.5. The van der Waals surface area contributed by atoms with E-state index >= 15 is 0 Å². The van der Waals surface area contributed by atoms with Crippen molar-refractivity contribution in [1.82, 2.24) is 20.0 Å². The van der Waals surface area contributed by atoms with Crippen LogP contribution in [0, 0.1) is 5.82 Å². The fourth-order valence-corrected chi connectivity index (χ4v) is 3.43. The molecule has 1 aromatic heterocycles. The summed E-state index contributed by atoms with van der Waals surface area (Å²) in [5, 5.41) is 38.0. The molecule has 1 fully saturated rings. The number of rotatable bonds is 5. The zero-order valence-electron chi connectivity index (χ0n) is 20.8. The second-order valence-corrected chi connectivity index (χ2v) is 8.11. The van der Waals surface area contributed by atoms with Gasteiger partial charge in [-0.1, -0.05) is 36.4 Å². The third-order valence-corrected chi connectivity index (χ3v) is 5.49. The molecular weight excluding hydrogens is 519 g/mol. The molecule has 4 N–H and O–H groups in total. The lowest BCUT2D eigenvalue weighted by Gasteiger charge is -2.36. The fourth-order valence-electron chi connectivity index (χ4n) is 3.43. The van der Waals surface area contributed by atoms with E-state index in [2.05, 4.69) is 26.9 Å². The number of hydrogen-bond acceptors (Lipinski definition) is 9. The van der Waals surface area contributed by atoms with Crippen molar-refractivity contribution < 1.29 is 48.4 Å². The minimum absolute atomic E-state index is 0.0607. The Morgan fingerprint density at radius 1 is 0.821 bits per heavy atom. The van der Waals surface area contributed by atoms with Crippen LogP contribution in [0.3, 0.4) is 0 Å². The van der Waals surface area contributed by atoms with Crippen LogP contribution < -0.4 is 0 Å². The molecule has 0 aliphatic carbocycles. The van der Waals surface area contributed by atoms with E-state index in [1.807, 2.05) is 42.5 Å². The molecular formula is C25H27FN4O9. The summed E-state index contributed by atoms with van der Waals surface area (Å²) in [5.41, 5.74) is 1.68. The van der Waals surface area contributed by atoms with Crippen LogP contribution in [-0.4, -0.2) is 90.5 Å². The van der Waals surface area contributed by atoms with E-state index in [1.54, 1.807) is 6.07 Å². The van der Waals surface area contributed by atoms with Crippen LogP contribution in [0.5, 0.6) is 0 Å². The van der Waals surface area contributed by atoms with Crippen LogP contribution in [0.4, 0.5) is 4.39 Å². The van der Waals surface area contributed by atoms with Crippen molar-refractivity contribution in [2.24, 2.45) is 0 Å². The molecule has 39 heavy (non-hydrogen) atoms. The average molecular weight is 547 g/mol. The van der Waals surface area contributed by atoms with Crippen LogP contribution in [0.15, 0.2) is 59.0 Å². The number of benzene rings is 2. The summed E-state index contributed by atoms with van der Waals surface area (Å²) >= 11 is 0. The number of carboxylic acids is 4. The largest absolute Gasteiger partial charge is 0.473 e. The van der Waals surface area contributed by atoms with Gasteiger partial charge in [0.2, 0.25) is 11.8 Å². The summed E-state index contributed by atoms with van der Waals surface area (Å²) in [6, 6.07) is 16.8. The molecule has 1 unspecified atom stereocenters. The maximum Gasteiger partial charge on any atom is 0.414 e. The Morgan fingerprint density at radius 3 is 1.85 bits per heavy atom. The van der Waals surface area contributed by atoms with E-state index in [4.69, 9.17) is 44.0 Å². The molecule has 208 valence electrons. The number of halogens is 1. The highest BCUT2D eigenvalue weighted by Gasteiger charge is 2.26. The van der Waals surface area contributed by atoms with Crippen LogP contribution >= 0.6 is 0 Å². The topological polar surface area (TPSA) is 195 Å². The predicted molar refractivity (Wildman–Crippen MR) is 132 cm³/mol. The van der Waals surface area contributed by atoms with Crippen molar-refractivity contribution in [2.75, 3.05) is 26.2 Å². The van der Waals surface area contributed by atoms with Gasteiger partial charge < -0.3 is 24.8 Å². The van der Waals surface area contributed by atoms with Crippen molar-refractivity contribution >= 4 is 23.9 Å². The van der Waals surface area contributed by atoms with Gasteiger partial charge in [-0.3, -0.25) is 9.80 Å². The van der Waals surface area contributed by atoms with E-state index in [0.717, 1.165) is 37.3 Å². The van der Waals surface area contributed by atoms with Gasteiger partial charge >= 0.3 is 23.9 Å². The van der Waals surface area contributed by atoms with Crippen molar-refractivity contribution in [1.29, 1.82) is 0 Å². The second-order valence-electron chi connectivity index (χ2n) is 8.11. The molecule has 1 aliphatic heterocycles. The lowest BCUT2D eigenvalue weighted by Crippen LogP contribution is -2.46. The van der Waals surface area contributed by atoms with Gasteiger partial charge in [-0.05, 0) is 25.1 Å². The fraction of sp³-hybridized carbons (Fsp3) is 0.280. The van der Waals surface area contributed by atoms with Gasteiger partial charge in [-0.25, -0.2) is 23.6 Å². The SMILES string of the molecule is CC(c1nnc(-c2ccccc2)o1)N1CCN(Cc2ccccc2F)CC1.O=C(O)C(=O)O.O=C(O)C(=O)O. The first-order valence-electron chi connectivity index (χ1n) is 11.5. The van der Waals surface area contributed by atoms with Crippen LogP contribution in [-0.2, 0) is 25.7 Å². The molecule has 14 heteroatoms. The van der Waals surface area contributed by atoms with Gasteiger partial charge in [-0.2, -0.15) is 0 Å². The van der Waals surface area contributed by atoms with Crippen molar-refractivity contribution in [3.63, 3.8) is 0 Å². The number of nitrogens with zero attached hydrogens (tertiary/aromatic N) is 4. The Bertz CT molecular complexity index is 1210. The monoisotopic (exact) mass is 546 g/mol. The smallest absolute Gasteiger partial charge is 0.414 e. The molecule has 1 aliphatic rings. The molecule has 0 bridgehead atoms. The van der Waals surface area contributed by atoms with Gasteiger partial charge in [0.05, 0.1) is 6.04 Å². The van der Waals surface area contributed by atoms with Crippen molar-refractivity contribution in [2.45, 2.75) is 19.5 Å². The summed E-state index contributed by atoms with van der Waals surface area (Å²) < 4.78 is 19.7. The zero-order valence-corrected chi connectivity index (χ0v) is 20.8. The van der Waals surface area contributed by atoms with Gasteiger partial charge in [0.15, 0.2) is 0 Å². The second kappa shape index (κ2) is 14.9. The van der Waals surface area contributed by atoms with E-state index in [1.165, 1.54) is 6.07 Å².